The molecule has 0 heterocycles. The zero-order valence-electron chi connectivity index (χ0n) is 5.71. The average molecular weight is 136 g/mol. The highest BCUT2D eigenvalue weighted by Crippen LogP contribution is 2.05. The van der Waals surface area contributed by atoms with Crippen LogP contribution in [0.3, 0.4) is 0 Å². The van der Waals surface area contributed by atoms with Crippen LogP contribution >= 0.6 is 0 Å². The zero-order valence-corrected chi connectivity index (χ0v) is 5.71. The van der Waals surface area contributed by atoms with Gasteiger partial charge in [0.25, 0.3) is 0 Å². The monoisotopic (exact) mass is 136 g/mol. The molecule has 0 fully saturated rings. The van der Waals surface area contributed by atoms with Gasteiger partial charge in [0, 0.05) is 12.6 Å². The van der Waals surface area contributed by atoms with Crippen molar-refractivity contribution in [1.29, 1.82) is 0 Å². The molecule has 10 heavy (non-hydrogen) atoms. The van der Waals surface area contributed by atoms with Crippen molar-refractivity contribution in [3.05, 3.63) is 30.3 Å². The van der Waals surface area contributed by atoms with E-state index in [-0.39, 0.29) is 0 Å². The Labute approximate surface area is 60.6 Å². The summed E-state index contributed by atoms with van der Waals surface area (Å²) >= 11 is 0. The maximum absolute atomic E-state index is 5.24. The molecule has 0 saturated carbocycles. The number of hydrogen-bond acceptors (Lipinski definition) is 2. The number of para-hydroxylation sites is 1. The van der Waals surface area contributed by atoms with E-state index in [1.165, 1.54) is 0 Å². The van der Waals surface area contributed by atoms with Crippen molar-refractivity contribution in [2.24, 2.45) is 5.73 Å². The summed E-state index contributed by atoms with van der Waals surface area (Å²) in [6, 6.07) is 10.4. The van der Waals surface area contributed by atoms with E-state index in [0.29, 0.717) is 13.2 Å². The van der Waals surface area contributed by atoms with E-state index in [1.54, 1.807) is 0 Å². The van der Waals surface area contributed by atoms with Gasteiger partial charge in [0.1, 0.15) is 12.4 Å². The minimum Gasteiger partial charge on any atom is -0.492 e. The summed E-state index contributed by atoms with van der Waals surface area (Å²) in [5.74, 6) is 0.757. The first-order valence-corrected chi connectivity index (χ1v) is 3.23. The van der Waals surface area contributed by atoms with Crippen molar-refractivity contribution in [3.8, 4) is 5.75 Å². The molecule has 0 spiro atoms. The van der Waals surface area contributed by atoms with Gasteiger partial charge >= 0.3 is 0 Å². The zero-order chi connectivity index (χ0) is 7.23. The lowest BCUT2D eigenvalue weighted by Crippen LogP contribution is -2.10. The third-order valence-corrected chi connectivity index (χ3v) is 1.06. The molecule has 0 aliphatic rings. The van der Waals surface area contributed by atoms with Gasteiger partial charge in [-0.05, 0) is 6.07 Å². The van der Waals surface area contributed by atoms with Crippen molar-refractivity contribution >= 4 is 0 Å². The molecule has 1 rings (SSSR count). The summed E-state index contributed by atoms with van der Waals surface area (Å²) in [5, 5.41) is 0. The Morgan fingerprint density at radius 2 is 2.40 bits per heavy atom. The second-order valence-corrected chi connectivity index (χ2v) is 1.86. The average Bonchev–Trinajstić information content (AvgIpc) is 2.03. The highest BCUT2D eigenvalue weighted by atomic mass is 16.5. The molecule has 1 radical (unpaired) electrons. The lowest BCUT2D eigenvalue weighted by atomic mass is 10.3. The van der Waals surface area contributed by atoms with Crippen molar-refractivity contribution in [3.63, 3.8) is 0 Å². The first kappa shape index (κ1) is 7.09. The largest absolute Gasteiger partial charge is 0.492 e. The van der Waals surface area contributed by atoms with Crippen LogP contribution in [0.15, 0.2) is 24.3 Å². The smallest absolute Gasteiger partial charge is 0.127 e. The predicted octanol–water partition coefficient (Wildman–Crippen LogP) is 0.824. The maximum atomic E-state index is 5.24. The standard InChI is InChI=1S/C8H10NO/c9-6-7-10-8-4-2-1-3-5-8/h1-4H,6-7,9H2. The van der Waals surface area contributed by atoms with E-state index in [0.717, 1.165) is 5.75 Å². The van der Waals surface area contributed by atoms with Crippen LogP contribution in [-0.2, 0) is 0 Å². The third-order valence-electron chi connectivity index (χ3n) is 1.06. The van der Waals surface area contributed by atoms with Crippen LogP contribution in [0.2, 0.25) is 0 Å². The van der Waals surface area contributed by atoms with Crippen molar-refractivity contribution in [2.45, 2.75) is 0 Å². The molecule has 2 N–H and O–H groups in total. The summed E-state index contributed by atoms with van der Waals surface area (Å²) < 4.78 is 5.17. The molecule has 53 valence electrons. The SMILES string of the molecule is NCCOc1[c]cccc1. The van der Waals surface area contributed by atoms with Gasteiger partial charge in [0.05, 0.1) is 0 Å². The molecule has 0 aliphatic heterocycles. The Kier molecular flexibility index (Phi) is 2.77. The molecule has 0 bridgehead atoms. The number of benzene rings is 1. The Hall–Kier alpha value is -1.02. The summed E-state index contributed by atoms with van der Waals surface area (Å²) in [5.41, 5.74) is 5.24. The van der Waals surface area contributed by atoms with Crippen LogP contribution < -0.4 is 10.5 Å². The second kappa shape index (κ2) is 3.90. The highest BCUT2D eigenvalue weighted by Gasteiger charge is 1.87. The van der Waals surface area contributed by atoms with Crippen LogP contribution in [0.5, 0.6) is 5.75 Å². The highest BCUT2D eigenvalue weighted by molar-refractivity contribution is 5.19. The summed E-state index contributed by atoms with van der Waals surface area (Å²) in [6.07, 6.45) is 0. The molecule has 2 heteroatoms. The lowest BCUT2D eigenvalue weighted by molar-refractivity contribution is 0.327. The Morgan fingerprint density at radius 1 is 1.50 bits per heavy atom. The molecule has 2 nitrogen and oxygen atoms in total. The molecule has 0 saturated heterocycles. The van der Waals surface area contributed by atoms with Crippen LogP contribution in [-0.4, -0.2) is 13.2 Å². The van der Waals surface area contributed by atoms with Crippen LogP contribution in [0.4, 0.5) is 0 Å². The minimum atomic E-state index is 0.544. The molecule has 1 aromatic rings. The van der Waals surface area contributed by atoms with Gasteiger partial charge in [-0.1, -0.05) is 18.2 Å². The topological polar surface area (TPSA) is 35.2 Å². The van der Waals surface area contributed by atoms with E-state index in [9.17, 15) is 0 Å². The normalized spacial score (nSPS) is 9.30. The molecule has 1 aromatic carbocycles. The number of hydrogen-bond donors (Lipinski definition) is 1. The molecule has 0 atom stereocenters. The van der Waals surface area contributed by atoms with Gasteiger partial charge in [0.2, 0.25) is 0 Å². The lowest BCUT2D eigenvalue weighted by Gasteiger charge is -2.01. The van der Waals surface area contributed by atoms with Crippen LogP contribution in [0.25, 0.3) is 0 Å². The number of rotatable bonds is 3. The summed E-state index contributed by atoms with van der Waals surface area (Å²) in [6.45, 7) is 1.10. The number of ether oxygens (including phenoxy) is 1. The maximum Gasteiger partial charge on any atom is 0.127 e. The second-order valence-electron chi connectivity index (χ2n) is 1.86. The van der Waals surface area contributed by atoms with Gasteiger partial charge in [-0.2, -0.15) is 0 Å². The van der Waals surface area contributed by atoms with Crippen LogP contribution in [0.1, 0.15) is 0 Å². The van der Waals surface area contributed by atoms with Gasteiger partial charge in [0.15, 0.2) is 0 Å². The van der Waals surface area contributed by atoms with Gasteiger partial charge in [-0.25, -0.2) is 0 Å². The molecular formula is C8H10NO. The molecule has 0 aliphatic carbocycles. The van der Waals surface area contributed by atoms with Gasteiger partial charge in [-0.3, -0.25) is 0 Å². The van der Waals surface area contributed by atoms with Crippen LogP contribution in [0, 0.1) is 6.07 Å². The minimum absolute atomic E-state index is 0.544. The third kappa shape index (κ3) is 2.07. The molecule has 0 unspecified atom stereocenters. The van der Waals surface area contributed by atoms with E-state index in [2.05, 4.69) is 6.07 Å². The van der Waals surface area contributed by atoms with E-state index in [4.69, 9.17) is 10.5 Å². The Bertz CT molecular complexity index is 174. The van der Waals surface area contributed by atoms with E-state index >= 15 is 0 Å². The first-order chi connectivity index (χ1) is 4.93. The molecule has 0 amide bonds. The first-order valence-electron chi connectivity index (χ1n) is 3.23. The molecule has 0 aromatic heterocycles. The van der Waals surface area contributed by atoms with Gasteiger partial charge in [-0.15, -0.1) is 0 Å². The summed E-state index contributed by atoms with van der Waals surface area (Å²) in [4.78, 5) is 0. The Morgan fingerprint density at radius 3 is 3.00 bits per heavy atom. The van der Waals surface area contributed by atoms with Crippen molar-refractivity contribution in [2.75, 3.05) is 13.2 Å². The van der Waals surface area contributed by atoms with Gasteiger partial charge < -0.3 is 10.5 Å². The quantitative estimate of drug-likeness (QED) is 0.667. The van der Waals surface area contributed by atoms with Crippen molar-refractivity contribution in [1.82, 2.24) is 0 Å². The molecular weight excluding hydrogens is 126 g/mol. The predicted molar refractivity (Wildman–Crippen MR) is 39.8 cm³/mol. The fraction of sp³-hybridized carbons (Fsp3) is 0.250. The Balaban J connectivity index is 2.43. The fourth-order valence-electron chi connectivity index (χ4n) is 0.636. The summed E-state index contributed by atoms with van der Waals surface area (Å²) in [7, 11) is 0. The van der Waals surface area contributed by atoms with E-state index in [1.807, 2.05) is 24.3 Å². The fourth-order valence-corrected chi connectivity index (χ4v) is 0.636. The van der Waals surface area contributed by atoms with Crippen molar-refractivity contribution < 1.29 is 4.74 Å². The number of nitrogens with two attached hydrogens (primary N) is 1. The van der Waals surface area contributed by atoms with E-state index < -0.39 is 0 Å².